The van der Waals surface area contributed by atoms with E-state index in [2.05, 4.69) is 52.4 Å². The molecule has 4 nitrogen and oxygen atoms in total. The fourth-order valence-electron chi connectivity index (χ4n) is 3.46. The number of nitrogens with one attached hydrogen (secondary N) is 1. The van der Waals surface area contributed by atoms with E-state index in [0.717, 1.165) is 45.8 Å². The zero-order chi connectivity index (χ0) is 15.4. The first-order chi connectivity index (χ1) is 10.8. The van der Waals surface area contributed by atoms with Gasteiger partial charge < -0.3 is 10.2 Å². The van der Waals surface area contributed by atoms with Crippen LogP contribution in [0.3, 0.4) is 0 Å². The quantitative estimate of drug-likeness (QED) is 0.866. The monoisotopic (exact) mass is 301 g/mol. The van der Waals surface area contributed by atoms with Crippen LogP contribution < -0.4 is 5.32 Å². The number of nitrogens with zero attached hydrogens (tertiary/aromatic N) is 2. The molecule has 0 bridgehead atoms. The number of rotatable bonds is 6. The lowest BCUT2D eigenvalue weighted by Crippen LogP contribution is -2.52. The molecule has 1 atom stereocenters. The highest BCUT2D eigenvalue weighted by Crippen LogP contribution is 2.21. The molecule has 4 heteroatoms. The smallest absolute Gasteiger partial charge is 0.228 e. The molecule has 0 saturated carbocycles. The highest BCUT2D eigenvalue weighted by atomic mass is 16.2. The van der Waals surface area contributed by atoms with Crippen LogP contribution in [-0.4, -0.2) is 55.0 Å². The number of benzene rings is 1. The lowest BCUT2D eigenvalue weighted by atomic mass is 10.0. The molecule has 1 unspecified atom stereocenters. The van der Waals surface area contributed by atoms with Gasteiger partial charge in [-0.1, -0.05) is 30.3 Å². The largest absolute Gasteiger partial charge is 0.342 e. The zero-order valence-corrected chi connectivity index (χ0v) is 13.5. The summed E-state index contributed by atoms with van der Waals surface area (Å²) in [7, 11) is 0. The minimum atomic E-state index is 0.224. The van der Waals surface area contributed by atoms with Crippen molar-refractivity contribution in [1.82, 2.24) is 15.1 Å². The van der Waals surface area contributed by atoms with Crippen molar-refractivity contribution in [1.29, 1.82) is 0 Å². The van der Waals surface area contributed by atoms with Gasteiger partial charge in [0, 0.05) is 39.3 Å². The molecular weight excluding hydrogens is 274 g/mol. The molecule has 0 spiro atoms. The van der Waals surface area contributed by atoms with E-state index < -0.39 is 0 Å². The molecule has 2 aliphatic rings. The Labute approximate surface area is 133 Å². The minimum Gasteiger partial charge on any atom is -0.342 e. The normalized spacial score (nSPS) is 22.5. The highest BCUT2D eigenvalue weighted by molar-refractivity contribution is 5.80. The van der Waals surface area contributed by atoms with Gasteiger partial charge in [0.1, 0.15) is 0 Å². The van der Waals surface area contributed by atoms with Crippen LogP contribution in [0.5, 0.6) is 0 Å². The van der Waals surface area contributed by atoms with E-state index in [9.17, 15) is 4.79 Å². The fourth-order valence-corrected chi connectivity index (χ4v) is 3.46. The summed E-state index contributed by atoms with van der Waals surface area (Å²) < 4.78 is 0. The third kappa shape index (κ3) is 3.68. The first kappa shape index (κ1) is 15.5. The summed E-state index contributed by atoms with van der Waals surface area (Å²) in [5.41, 5.74) is 1.38. The highest BCUT2D eigenvalue weighted by Gasteiger charge is 2.31. The first-order valence-electron chi connectivity index (χ1n) is 8.52. The van der Waals surface area contributed by atoms with Gasteiger partial charge in [0.05, 0.1) is 5.92 Å². The molecule has 3 rings (SSSR count). The number of carbonyl (C=O) groups excluding carboxylic acids is 1. The van der Waals surface area contributed by atoms with Gasteiger partial charge >= 0.3 is 0 Å². The molecule has 2 fully saturated rings. The molecule has 1 N–H and O–H groups in total. The summed E-state index contributed by atoms with van der Waals surface area (Å²) in [4.78, 5) is 17.0. The number of carbonyl (C=O) groups is 1. The average Bonchev–Trinajstić information content (AvgIpc) is 2.91. The van der Waals surface area contributed by atoms with Crippen LogP contribution in [0.1, 0.15) is 18.9 Å². The maximum Gasteiger partial charge on any atom is 0.228 e. The van der Waals surface area contributed by atoms with Gasteiger partial charge in [0.15, 0.2) is 0 Å². The van der Waals surface area contributed by atoms with Crippen molar-refractivity contribution in [3.8, 4) is 0 Å². The van der Waals surface area contributed by atoms with Crippen LogP contribution in [0.25, 0.3) is 0 Å². The molecule has 1 amide bonds. The second kappa shape index (κ2) is 7.25. The van der Waals surface area contributed by atoms with Crippen molar-refractivity contribution < 1.29 is 4.79 Å². The predicted molar refractivity (Wildman–Crippen MR) is 88.4 cm³/mol. The molecule has 2 heterocycles. The zero-order valence-electron chi connectivity index (χ0n) is 13.5. The van der Waals surface area contributed by atoms with Crippen LogP contribution >= 0.6 is 0 Å². The summed E-state index contributed by atoms with van der Waals surface area (Å²) in [6.45, 7) is 8.88. The van der Waals surface area contributed by atoms with Gasteiger partial charge in [0.25, 0.3) is 0 Å². The number of likely N-dealkylation sites (tertiary alicyclic amines) is 1. The van der Waals surface area contributed by atoms with Gasteiger partial charge in [-0.05, 0) is 31.4 Å². The molecule has 0 aliphatic carbocycles. The predicted octanol–water partition coefficient (Wildman–Crippen LogP) is 1.58. The molecular formula is C18H27N3O. The van der Waals surface area contributed by atoms with Crippen molar-refractivity contribution in [2.24, 2.45) is 11.8 Å². The van der Waals surface area contributed by atoms with E-state index in [1.807, 2.05) is 0 Å². The number of amides is 1. The third-order valence-electron chi connectivity index (χ3n) is 4.92. The van der Waals surface area contributed by atoms with Crippen LogP contribution in [0.15, 0.2) is 30.3 Å². The van der Waals surface area contributed by atoms with Crippen molar-refractivity contribution in [2.75, 3.05) is 39.3 Å². The molecule has 1 aromatic carbocycles. The van der Waals surface area contributed by atoms with Gasteiger partial charge in [-0.3, -0.25) is 9.69 Å². The Bertz CT molecular complexity index is 486. The SMILES string of the molecule is CCN(CC1CCN(Cc2ccccc2)C1)C(=O)C1CNC1. The Kier molecular flexibility index (Phi) is 5.11. The average molecular weight is 301 g/mol. The maximum absolute atomic E-state index is 12.4. The number of hydrogen-bond donors (Lipinski definition) is 1. The molecule has 120 valence electrons. The molecule has 2 saturated heterocycles. The molecule has 0 aromatic heterocycles. The fraction of sp³-hybridized carbons (Fsp3) is 0.611. The van der Waals surface area contributed by atoms with Crippen molar-refractivity contribution in [2.45, 2.75) is 19.9 Å². The Hall–Kier alpha value is -1.39. The number of hydrogen-bond acceptors (Lipinski definition) is 3. The maximum atomic E-state index is 12.4. The third-order valence-corrected chi connectivity index (χ3v) is 4.92. The van der Waals surface area contributed by atoms with Crippen molar-refractivity contribution in [3.63, 3.8) is 0 Å². The minimum absolute atomic E-state index is 0.224. The summed E-state index contributed by atoms with van der Waals surface area (Å²) in [5.74, 6) is 1.20. The molecule has 0 radical (unpaired) electrons. The lowest BCUT2D eigenvalue weighted by molar-refractivity contribution is -0.137. The summed E-state index contributed by atoms with van der Waals surface area (Å²) >= 11 is 0. The van der Waals surface area contributed by atoms with Gasteiger partial charge in [-0.15, -0.1) is 0 Å². The van der Waals surface area contributed by atoms with Crippen molar-refractivity contribution in [3.05, 3.63) is 35.9 Å². The lowest BCUT2D eigenvalue weighted by Gasteiger charge is -2.33. The van der Waals surface area contributed by atoms with Gasteiger partial charge in [-0.2, -0.15) is 0 Å². The topological polar surface area (TPSA) is 35.6 Å². The van der Waals surface area contributed by atoms with Crippen molar-refractivity contribution >= 4 is 5.91 Å². The Morgan fingerprint density at radius 3 is 2.73 bits per heavy atom. The van der Waals surface area contributed by atoms with Crippen LogP contribution in [-0.2, 0) is 11.3 Å². The molecule has 1 aromatic rings. The second-order valence-electron chi connectivity index (χ2n) is 6.61. The first-order valence-corrected chi connectivity index (χ1v) is 8.52. The Balaban J connectivity index is 1.48. The van der Waals surface area contributed by atoms with E-state index in [0.29, 0.717) is 11.8 Å². The standard InChI is InChI=1S/C18H27N3O/c1-2-21(18(22)17-10-19-11-17)14-16-8-9-20(13-16)12-15-6-4-3-5-7-15/h3-7,16-17,19H,2,8-14H2,1H3. The van der Waals surface area contributed by atoms with Crippen LogP contribution in [0.4, 0.5) is 0 Å². The summed E-state index contributed by atoms with van der Waals surface area (Å²) in [6, 6.07) is 10.7. The second-order valence-corrected chi connectivity index (χ2v) is 6.61. The summed E-state index contributed by atoms with van der Waals surface area (Å²) in [5, 5.41) is 3.19. The Morgan fingerprint density at radius 2 is 2.09 bits per heavy atom. The van der Waals surface area contributed by atoms with Crippen LogP contribution in [0, 0.1) is 11.8 Å². The van der Waals surface area contributed by atoms with Crippen LogP contribution in [0.2, 0.25) is 0 Å². The Morgan fingerprint density at radius 1 is 1.32 bits per heavy atom. The van der Waals surface area contributed by atoms with E-state index in [1.54, 1.807) is 0 Å². The van der Waals surface area contributed by atoms with E-state index in [-0.39, 0.29) is 5.92 Å². The molecule has 2 aliphatic heterocycles. The molecule has 22 heavy (non-hydrogen) atoms. The van der Waals surface area contributed by atoms with Gasteiger partial charge in [-0.25, -0.2) is 0 Å². The van der Waals surface area contributed by atoms with Gasteiger partial charge in [0.2, 0.25) is 5.91 Å². The van der Waals surface area contributed by atoms with E-state index >= 15 is 0 Å². The van der Waals surface area contributed by atoms with E-state index in [4.69, 9.17) is 0 Å². The summed E-state index contributed by atoms with van der Waals surface area (Å²) in [6.07, 6.45) is 1.21. The van der Waals surface area contributed by atoms with E-state index in [1.165, 1.54) is 12.0 Å².